The third kappa shape index (κ3) is 4.75. The molecule has 0 radical (unpaired) electrons. The molecule has 23 heavy (non-hydrogen) atoms. The number of anilines is 1. The van der Waals surface area contributed by atoms with Crippen LogP contribution in [0, 0.1) is 0 Å². The van der Waals surface area contributed by atoms with Gasteiger partial charge in [-0.3, -0.25) is 4.79 Å². The normalized spacial score (nSPS) is 17.9. The highest BCUT2D eigenvalue weighted by Crippen LogP contribution is 2.24. The van der Waals surface area contributed by atoms with Gasteiger partial charge in [-0.05, 0) is 11.6 Å². The molecule has 7 heteroatoms. The quantitative estimate of drug-likeness (QED) is 0.869. The van der Waals surface area contributed by atoms with Gasteiger partial charge < -0.3 is 15.4 Å². The van der Waals surface area contributed by atoms with Crippen LogP contribution in [0.1, 0.15) is 16.9 Å². The molecule has 1 aromatic heterocycles. The maximum absolute atomic E-state index is 12.0. The fourth-order valence-corrected chi connectivity index (χ4v) is 3.48. The highest BCUT2D eigenvalue weighted by molar-refractivity contribution is 7.15. The van der Waals surface area contributed by atoms with Gasteiger partial charge in [-0.1, -0.05) is 29.8 Å². The van der Waals surface area contributed by atoms with Crippen molar-refractivity contribution in [2.24, 2.45) is 0 Å². The van der Waals surface area contributed by atoms with Gasteiger partial charge in [-0.2, -0.15) is 0 Å². The van der Waals surface area contributed by atoms with Crippen LogP contribution >= 0.6 is 22.9 Å². The minimum absolute atomic E-state index is 0.0494. The maximum atomic E-state index is 12.0. The molecule has 3 rings (SSSR count). The predicted octanol–water partition coefficient (Wildman–Crippen LogP) is 2.70. The third-order valence-electron chi connectivity index (χ3n) is 3.55. The van der Waals surface area contributed by atoms with Crippen LogP contribution in [-0.2, 0) is 16.0 Å². The van der Waals surface area contributed by atoms with Gasteiger partial charge in [0.15, 0.2) is 5.13 Å². The summed E-state index contributed by atoms with van der Waals surface area (Å²) in [6, 6.07) is 7.82. The number of hydrogen-bond acceptors (Lipinski definition) is 5. The van der Waals surface area contributed by atoms with Crippen LogP contribution in [0.2, 0.25) is 5.02 Å². The molecule has 0 spiro atoms. The second-order valence-electron chi connectivity index (χ2n) is 5.38. The predicted molar refractivity (Wildman–Crippen MR) is 92.2 cm³/mol. The van der Waals surface area contributed by atoms with E-state index in [1.807, 2.05) is 24.3 Å². The summed E-state index contributed by atoms with van der Waals surface area (Å²) < 4.78 is 5.35. The van der Waals surface area contributed by atoms with E-state index in [1.165, 1.54) is 11.3 Å². The first kappa shape index (κ1) is 16.4. The Morgan fingerprint density at radius 3 is 3.13 bits per heavy atom. The molecule has 1 atom stereocenters. The van der Waals surface area contributed by atoms with Crippen molar-refractivity contribution >= 4 is 34.0 Å². The zero-order chi connectivity index (χ0) is 16.1. The first-order valence-corrected chi connectivity index (χ1v) is 8.69. The molecule has 1 aliphatic heterocycles. The minimum atomic E-state index is -0.0494. The topological polar surface area (TPSA) is 63.2 Å². The smallest absolute Gasteiger partial charge is 0.227 e. The Morgan fingerprint density at radius 1 is 1.48 bits per heavy atom. The highest BCUT2D eigenvalue weighted by atomic mass is 35.5. The molecule has 1 saturated heterocycles. The van der Waals surface area contributed by atoms with Crippen molar-refractivity contribution in [2.45, 2.75) is 18.9 Å². The van der Waals surface area contributed by atoms with Crippen molar-refractivity contribution in [3.05, 3.63) is 45.9 Å². The summed E-state index contributed by atoms with van der Waals surface area (Å²) in [5.74, 6) is -0.0494. The number of aromatic nitrogens is 1. The number of ether oxygens (including phenoxy) is 1. The number of thiazole rings is 1. The van der Waals surface area contributed by atoms with Crippen molar-refractivity contribution < 1.29 is 9.53 Å². The molecule has 0 saturated carbocycles. The molecule has 1 aliphatic rings. The SMILES string of the molecule is O=C(CC1COCCN1)Nc1ncc(Cc2ccccc2Cl)s1. The Bertz CT molecular complexity index is 671. The van der Waals surface area contributed by atoms with Gasteiger partial charge in [-0.15, -0.1) is 11.3 Å². The number of carbonyl (C=O) groups is 1. The molecule has 1 unspecified atom stereocenters. The second-order valence-corrected chi connectivity index (χ2v) is 6.90. The largest absolute Gasteiger partial charge is 0.378 e. The zero-order valence-corrected chi connectivity index (χ0v) is 14.1. The average molecular weight is 352 g/mol. The van der Waals surface area contributed by atoms with E-state index in [0.717, 1.165) is 22.0 Å². The fourth-order valence-electron chi connectivity index (χ4n) is 2.42. The molecule has 2 heterocycles. The third-order valence-corrected chi connectivity index (χ3v) is 4.83. The van der Waals surface area contributed by atoms with Crippen LogP contribution < -0.4 is 10.6 Å². The van der Waals surface area contributed by atoms with Crippen LogP contribution in [0.3, 0.4) is 0 Å². The fraction of sp³-hybridized carbons (Fsp3) is 0.375. The van der Waals surface area contributed by atoms with E-state index in [2.05, 4.69) is 15.6 Å². The number of halogens is 1. The van der Waals surface area contributed by atoms with Gasteiger partial charge in [-0.25, -0.2) is 4.98 Å². The van der Waals surface area contributed by atoms with Gasteiger partial charge in [0.1, 0.15) is 0 Å². The average Bonchev–Trinajstić information content (AvgIpc) is 2.97. The van der Waals surface area contributed by atoms with Crippen molar-refractivity contribution in [3.63, 3.8) is 0 Å². The van der Waals surface area contributed by atoms with Crippen LogP contribution in [0.15, 0.2) is 30.5 Å². The second kappa shape index (κ2) is 7.88. The Morgan fingerprint density at radius 2 is 2.35 bits per heavy atom. The molecule has 1 aromatic carbocycles. The summed E-state index contributed by atoms with van der Waals surface area (Å²) in [4.78, 5) is 17.4. The van der Waals surface area contributed by atoms with Crippen molar-refractivity contribution in [2.75, 3.05) is 25.1 Å². The van der Waals surface area contributed by atoms with Crippen LogP contribution in [0.5, 0.6) is 0 Å². The number of carbonyl (C=O) groups excluding carboxylic acids is 1. The zero-order valence-electron chi connectivity index (χ0n) is 12.5. The molecule has 2 aromatic rings. The highest BCUT2D eigenvalue weighted by Gasteiger charge is 2.17. The number of benzene rings is 1. The van der Waals surface area contributed by atoms with E-state index >= 15 is 0 Å². The molecular weight excluding hydrogens is 334 g/mol. The van der Waals surface area contributed by atoms with Gasteiger partial charge >= 0.3 is 0 Å². The van der Waals surface area contributed by atoms with Crippen LogP contribution in [0.25, 0.3) is 0 Å². The molecule has 5 nitrogen and oxygen atoms in total. The molecule has 1 fully saturated rings. The monoisotopic (exact) mass is 351 g/mol. The Kier molecular flexibility index (Phi) is 5.61. The molecule has 1 amide bonds. The summed E-state index contributed by atoms with van der Waals surface area (Å²) >= 11 is 7.64. The number of hydrogen-bond donors (Lipinski definition) is 2. The Labute approximate surface area is 144 Å². The lowest BCUT2D eigenvalue weighted by Crippen LogP contribution is -2.43. The van der Waals surface area contributed by atoms with Crippen molar-refractivity contribution in [1.82, 2.24) is 10.3 Å². The van der Waals surface area contributed by atoms with Crippen LogP contribution in [-0.4, -0.2) is 36.7 Å². The standard InChI is InChI=1S/C16H18ClN3O2S/c17-14-4-2-1-3-11(14)7-13-9-19-16(23-13)20-15(21)8-12-10-22-6-5-18-12/h1-4,9,12,18H,5-8,10H2,(H,19,20,21). The van der Waals surface area contributed by atoms with Crippen LogP contribution in [0.4, 0.5) is 5.13 Å². The first-order chi connectivity index (χ1) is 11.2. The Balaban J connectivity index is 1.54. The minimum Gasteiger partial charge on any atom is -0.378 e. The summed E-state index contributed by atoms with van der Waals surface area (Å²) in [7, 11) is 0. The van der Waals surface area contributed by atoms with E-state index in [-0.39, 0.29) is 11.9 Å². The lowest BCUT2D eigenvalue weighted by molar-refractivity contribution is -0.117. The molecule has 2 N–H and O–H groups in total. The lowest BCUT2D eigenvalue weighted by Gasteiger charge is -2.22. The first-order valence-electron chi connectivity index (χ1n) is 7.50. The van der Waals surface area contributed by atoms with E-state index < -0.39 is 0 Å². The van der Waals surface area contributed by atoms with Gasteiger partial charge in [0.2, 0.25) is 5.91 Å². The summed E-state index contributed by atoms with van der Waals surface area (Å²) in [6.07, 6.45) is 2.89. The molecule has 0 bridgehead atoms. The van der Waals surface area contributed by atoms with E-state index in [1.54, 1.807) is 6.20 Å². The number of nitrogens with zero attached hydrogens (tertiary/aromatic N) is 1. The van der Waals surface area contributed by atoms with Crippen molar-refractivity contribution in [3.8, 4) is 0 Å². The lowest BCUT2D eigenvalue weighted by atomic mass is 10.1. The van der Waals surface area contributed by atoms with Gasteiger partial charge in [0, 0.05) is 41.5 Å². The molecule has 0 aliphatic carbocycles. The number of morpholine rings is 1. The van der Waals surface area contributed by atoms with E-state index in [9.17, 15) is 4.79 Å². The molecule has 122 valence electrons. The van der Waals surface area contributed by atoms with Gasteiger partial charge in [0.05, 0.1) is 13.2 Å². The van der Waals surface area contributed by atoms with E-state index in [4.69, 9.17) is 16.3 Å². The van der Waals surface area contributed by atoms with Crippen molar-refractivity contribution in [1.29, 1.82) is 0 Å². The molecular formula is C16H18ClN3O2S. The summed E-state index contributed by atoms with van der Waals surface area (Å²) in [5, 5.41) is 7.48. The number of amides is 1. The Hall–Kier alpha value is -1.47. The summed E-state index contributed by atoms with van der Waals surface area (Å²) in [5.41, 5.74) is 1.05. The number of rotatable bonds is 5. The maximum Gasteiger partial charge on any atom is 0.227 e. The van der Waals surface area contributed by atoms with Gasteiger partial charge in [0.25, 0.3) is 0 Å². The summed E-state index contributed by atoms with van der Waals surface area (Å²) in [6.45, 7) is 2.07. The number of nitrogens with one attached hydrogen (secondary N) is 2. The van der Waals surface area contributed by atoms with E-state index in [0.29, 0.717) is 31.2 Å².